The van der Waals surface area contributed by atoms with Crippen LogP contribution >= 0.6 is 0 Å². The summed E-state index contributed by atoms with van der Waals surface area (Å²) in [4.78, 5) is 2.46. The lowest BCUT2D eigenvalue weighted by Crippen LogP contribution is -2.39. The van der Waals surface area contributed by atoms with Crippen LogP contribution in [0.3, 0.4) is 0 Å². The van der Waals surface area contributed by atoms with Gasteiger partial charge in [0.05, 0.1) is 6.61 Å². The molecule has 3 heterocycles. The highest BCUT2D eigenvalue weighted by Crippen LogP contribution is 2.22. The molecular formula is C18H29N5O. The minimum atomic E-state index is 0.0141. The smallest absolute Gasteiger partial charge is 0.163 e. The van der Waals surface area contributed by atoms with Crippen molar-refractivity contribution in [3.05, 3.63) is 36.2 Å². The summed E-state index contributed by atoms with van der Waals surface area (Å²) in [5, 5.41) is 8.30. The number of hydrogen-bond donors (Lipinski definition) is 0. The summed E-state index contributed by atoms with van der Waals surface area (Å²) in [6.07, 6.45) is 5.21. The molecule has 0 N–H and O–H groups in total. The first-order valence-electron chi connectivity index (χ1n) is 9.03. The molecule has 2 aromatic rings. The normalized spacial score (nSPS) is 19.2. The van der Waals surface area contributed by atoms with E-state index in [1.807, 2.05) is 0 Å². The van der Waals surface area contributed by atoms with Crippen molar-refractivity contribution in [1.29, 1.82) is 0 Å². The third-order valence-electron chi connectivity index (χ3n) is 4.68. The van der Waals surface area contributed by atoms with E-state index in [2.05, 4.69) is 63.3 Å². The highest BCUT2D eigenvalue weighted by Gasteiger charge is 2.26. The lowest BCUT2D eigenvalue weighted by Gasteiger charge is -2.32. The van der Waals surface area contributed by atoms with E-state index in [-0.39, 0.29) is 6.10 Å². The summed E-state index contributed by atoms with van der Waals surface area (Å²) in [6.45, 7) is 12.2. The van der Waals surface area contributed by atoms with Crippen molar-refractivity contribution in [2.45, 2.75) is 52.9 Å². The number of aryl methyl sites for hydroxylation is 2. The second-order valence-corrected chi connectivity index (χ2v) is 6.95. The van der Waals surface area contributed by atoms with E-state index in [9.17, 15) is 0 Å². The molecule has 0 spiro atoms. The van der Waals surface area contributed by atoms with Crippen molar-refractivity contribution in [3.63, 3.8) is 0 Å². The molecule has 0 aromatic carbocycles. The van der Waals surface area contributed by atoms with Gasteiger partial charge < -0.3 is 13.9 Å². The molecular weight excluding hydrogens is 302 g/mol. The van der Waals surface area contributed by atoms with Gasteiger partial charge in [0.1, 0.15) is 12.4 Å². The summed E-state index contributed by atoms with van der Waals surface area (Å²) >= 11 is 0. The summed E-state index contributed by atoms with van der Waals surface area (Å²) in [5.41, 5.74) is 1.38. The molecule has 0 amide bonds. The molecule has 1 atom stereocenters. The topological polar surface area (TPSA) is 48.1 Å². The Kier molecular flexibility index (Phi) is 5.68. The predicted octanol–water partition coefficient (Wildman–Crippen LogP) is 2.72. The van der Waals surface area contributed by atoms with Gasteiger partial charge in [-0.05, 0) is 31.4 Å². The molecule has 1 fully saturated rings. The van der Waals surface area contributed by atoms with E-state index >= 15 is 0 Å². The monoisotopic (exact) mass is 331 g/mol. The summed E-state index contributed by atoms with van der Waals surface area (Å²) in [6, 6.07) is 4.39. The highest BCUT2D eigenvalue weighted by atomic mass is 16.5. The van der Waals surface area contributed by atoms with Crippen molar-refractivity contribution in [3.8, 4) is 0 Å². The van der Waals surface area contributed by atoms with Gasteiger partial charge in [-0.25, -0.2) is 0 Å². The molecule has 0 saturated carbocycles. The quantitative estimate of drug-likeness (QED) is 0.783. The zero-order valence-corrected chi connectivity index (χ0v) is 15.1. The molecule has 1 saturated heterocycles. The first kappa shape index (κ1) is 17.2. The predicted molar refractivity (Wildman–Crippen MR) is 93.6 cm³/mol. The molecule has 3 rings (SSSR count). The van der Waals surface area contributed by atoms with E-state index in [0.29, 0.717) is 0 Å². The summed E-state index contributed by atoms with van der Waals surface area (Å²) < 4.78 is 10.4. The summed E-state index contributed by atoms with van der Waals surface area (Å²) in [7, 11) is 0. The molecule has 0 aliphatic carbocycles. The Morgan fingerprint density at radius 2 is 2.21 bits per heavy atom. The maximum atomic E-state index is 5.95. The van der Waals surface area contributed by atoms with Crippen LogP contribution < -0.4 is 0 Å². The number of ether oxygens (including phenoxy) is 1. The van der Waals surface area contributed by atoms with Crippen LogP contribution in [0.2, 0.25) is 0 Å². The number of rotatable bonds is 7. The molecule has 2 aromatic heterocycles. The molecule has 6 heteroatoms. The number of hydrogen-bond acceptors (Lipinski definition) is 4. The Bertz CT molecular complexity index is 633. The van der Waals surface area contributed by atoms with Crippen molar-refractivity contribution in [1.82, 2.24) is 24.2 Å². The van der Waals surface area contributed by atoms with Crippen LogP contribution in [-0.4, -0.2) is 43.9 Å². The fourth-order valence-corrected chi connectivity index (χ4v) is 3.20. The van der Waals surface area contributed by atoms with Crippen molar-refractivity contribution in [2.24, 2.45) is 5.92 Å². The number of nitrogens with zero attached hydrogens (tertiary/aromatic N) is 5. The number of morpholine rings is 1. The van der Waals surface area contributed by atoms with Gasteiger partial charge in [-0.2, -0.15) is 0 Å². The van der Waals surface area contributed by atoms with Gasteiger partial charge in [-0.1, -0.05) is 13.8 Å². The second-order valence-electron chi connectivity index (χ2n) is 6.95. The molecule has 0 bridgehead atoms. The lowest BCUT2D eigenvalue weighted by atomic mass is 10.1. The third kappa shape index (κ3) is 4.05. The van der Waals surface area contributed by atoms with Gasteiger partial charge in [0.15, 0.2) is 5.82 Å². The Balaban J connectivity index is 1.63. The largest absolute Gasteiger partial charge is 0.368 e. The zero-order valence-electron chi connectivity index (χ0n) is 15.1. The third-order valence-corrected chi connectivity index (χ3v) is 4.68. The van der Waals surface area contributed by atoms with Crippen LogP contribution in [0, 0.1) is 5.92 Å². The Hall–Kier alpha value is -1.66. The fourth-order valence-electron chi connectivity index (χ4n) is 3.20. The SMILES string of the molecule is CCn1cnnc1[C@H]1CN(Cc2cccn2CCC(C)C)CCO1. The average molecular weight is 331 g/mol. The van der Waals surface area contributed by atoms with E-state index in [0.717, 1.165) is 51.1 Å². The van der Waals surface area contributed by atoms with Crippen LogP contribution in [0.1, 0.15) is 44.8 Å². The van der Waals surface area contributed by atoms with E-state index < -0.39 is 0 Å². The highest BCUT2D eigenvalue weighted by molar-refractivity contribution is 5.07. The van der Waals surface area contributed by atoms with Crippen LogP contribution in [0.4, 0.5) is 0 Å². The van der Waals surface area contributed by atoms with E-state index in [1.165, 1.54) is 12.1 Å². The molecule has 0 radical (unpaired) electrons. The van der Waals surface area contributed by atoms with Crippen molar-refractivity contribution >= 4 is 0 Å². The second kappa shape index (κ2) is 7.94. The van der Waals surface area contributed by atoms with Crippen LogP contribution in [0.5, 0.6) is 0 Å². The molecule has 0 unspecified atom stereocenters. The standard InChI is InChI=1S/C18H29N5O/c1-4-22-14-19-20-18(22)17-13-21(10-11-24-17)12-16-6-5-8-23(16)9-7-15(2)3/h5-6,8,14-15,17H,4,7,9-13H2,1-3H3/t17-/m1/s1. The van der Waals surface area contributed by atoms with Crippen molar-refractivity contribution in [2.75, 3.05) is 19.7 Å². The van der Waals surface area contributed by atoms with Gasteiger partial charge in [0, 0.05) is 44.6 Å². The first-order valence-corrected chi connectivity index (χ1v) is 9.03. The maximum Gasteiger partial charge on any atom is 0.163 e. The Labute approximate surface area is 144 Å². The number of aromatic nitrogens is 4. The molecule has 6 nitrogen and oxygen atoms in total. The molecule has 1 aliphatic rings. The van der Waals surface area contributed by atoms with Gasteiger partial charge in [0.2, 0.25) is 0 Å². The van der Waals surface area contributed by atoms with Crippen LogP contribution in [0.25, 0.3) is 0 Å². The lowest BCUT2D eigenvalue weighted by molar-refractivity contribution is -0.0395. The molecule has 1 aliphatic heterocycles. The van der Waals surface area contributed by atoms with Gasteiger partial charge in [-0.15, -0.1) is 10.2 Å². The van der Waals surface area contributed by atoms with Crippen LogP contribution in [-0.2, 0) is 24.4 Å². The van der Waals surface area contributed by atoms with E-state index in [4.69, 9.17) is 4.74 Å². The zero-order chi connectivity index (χ0) is 16.9. The Morgan fingerprint density at radius 3 is 3.00 bits per heavy atom. The van der Waals surface area contributed by atoms with Crippen molar-refractivity contribution < 1.29 is 4.74 Å². The summed E-state index contributed by atoms with van der Waals surface area (Å²) in [5.74, 6) is 1.67. The minimum Gasteiger partial charge on any atom is -0.368 e. The molecule has 24 heavy (non-hydrogen) atoms. The van der Waals surface area contributed by atoms with Gasteiger partial charge in [0.25, 0.3) is 0 Å². The van der Waals surface area contributed by atoms with Gasteiger partial charge >= 0.3 is 0 Å². The van der Waals surface area contributed by atoms with Gasteiger partial charge in [-0.3, -0.25) is 4.90 Å². The first-order chi connectivity index (χ1) is 11.7. The molecule has 132 valence electrons. The fraction of sp³-hybridized carbons (Fsp3) is 0.667. The maximum absolute atomic E-state index is 5.95. The van der Waals surface area contributed by atoms with Crippen LogP contribution in [0.15, 0.2) is 24.7 Å². The minimum absolute atomic E-state index is 0.0141. The van der Waals surface area contributed by atoms with E-state index in [1.54, 1.807) is 6.33 Å². The average Bonchev–Trinajstić information content (AvgIpc) is 3.22. The Morgan fingerprint density at radius 1 is 1.33 bits per heavy atom.